The van der Waals surface area contributed by atoms with E-state index in [4.69, 9.17) is 19.4 Å². The number of hydrogen-bond acceptors (Lipinski definition) is 5. The van der Waals surface area contributed by atoms with Crippen molar-refractivity contribution in [3.05, 3.63) is 163 Å². The second-order valence-electron chi connectivity index (χ2n) is 12.4. The van der Waals surface area contributed by atoms with Crippen LogP contribution in [0.5, 0.6) is 0 Å². The lowest BCUT2D eigenvalue weighted by molar-refractivity contribution is 0.669. The Hall–Kier alpha value is -6.33. The van der Waals surface area contributed by atoms with E-state index < -0.39 is 0 Å². The molecule has 3 heterocycles. The maximum atomic E-state index is 6.48. The first-order valence-corrected chi connectivity index (χ1v) is 16.3. The highest BCUT2D eigenvalue weighted by atomic mass is 16.3. The van der Waals surface area contributed by atoms with Crippen molar-refractivity contribution in [2.24, 2.45) is 0 Å². The molecule has 1 aliphatic heterocycles. The van der Waals surface area contributed by atoms with Gasteiger partial charge in [0.1, 0.15) is 11.2 Å². The maximum Gasteiger partial charge on any atom is 0.164 e. The van der Waals surface area contributed by atoms with Gasteiger partial charge < -0.3 is 9.32 Å². The highest BCUT2D eigenvalue weighted by Crippen LogP contribution is 2.51. The Kier molecular flexibility index (Phi) is 5.93. The van der Waals surface area contributed by atoms with Gasteiger partial charge in [0.05, 0.1) is 6.04 Å². The molecule has 2 atom stereocenters. The molecule has 2 unspecified atom stereocenters. The van der Waals surface area contributed by atoms with Crippen molar-refractivity contribution < 1.29 is 4.42 Å². The predicted molar refractivity (Wildman–Crippen MR) is 194 cm³/mol. The Balaban J connectivity index is 1.09. The van der Waals surface area contributed by atoms with E-state index in [-0.39, 0.29) is 12.0 Å². The van der Waals surface area contributed by atoms with Gasteiger partial charge in [-0.1, -0.05) is 121 Å². The fourth-order valence-electron chi connectivity index (χ4n) is 7.42. The third kappa shape index (κ3) is 4.21. The molecule has 10 rings (SSSR count). The minimum absolute atomic E-state index is 0.208. The zero-order valence-corrected chi connectivity index (χ0v) is 25.9. The lowest BCUT2D eigenvalue weighted by atomic mass is 9.88. The second kappa shape index (κ2) is 10.6. The molecule has 8 aromatic rings. The molecule has 0 radical (unpaired) electrons. The number of aromatic nitrogens is 3. The molecule has 0 N–H and O–H groups in total. The fraction of sp³-hybridized carbons (Fsp3) is 0.0465. The number of hydrogen-bond donors (Lipinski definition) is 0. The summed E-state index contributed by atoms with van der Waals surface area (Å²) in [6.45, 7) is 0. The first-order valence-electron chi connectivity index (χ1n) is 16.3. The van der Waals surface area contributed by atoms with Crippen LogP contribution in [-0.4, -0.2) is 21.0 Å². The SMILES string of the molecule is C1=CC2c3c(ccc4ccccc34)N(c3ccc4oc5cc(-c6nc(-c7ccccc7)nc(-c7ccccc7)n6)ccc5c4c3)C2C=C1. The third-order valence-electron chi connectivity index (χ3n) is 9.64. The third-order valence-corrected chi connectivity index (χ3v) is 9.64. The number of anilines is 2. The van der Waals surface area contributed by atoms with E-state index in [9.17, 15) is 0 Å². The van der Waals surface area contributed by atoms with Gasteiger partial charge in [-0.3, -0.25) is 0 Å². The second-order valence-corrected chi connectivity index (χ2v) is 12.4. The highest BCUT2D eigenvalue weighted by Gasteiger charge is 2.38. The monoisotopic (exact) mass is 616 g/mol. The zero-order valence-electron chi connectivity index (χ0n) is 25.9. The van der Waals surface area contributed by atoms with E-state index >= 15 is 0 Å². The molecule has 5 nitrogen and oxygen atoms in total. The van der Waals surface area contributed by atoms with Crippen LogP contribution in [-0.2, 0) is 0 Å². The lowest BCUT2D eigenvalue weighted by Crippen LogP contribution is -2.28. The Morgan fingerprint density at radius 3 is 1.96 bits per heavy atom. The van der Waals surface area contributed by atoms with Crippen LogP contribution in [0.15, 0.2) is 162 Å². The van der Waals surface area contributed by atoms with Gasteiger partial charge >= 0.3 is 0 Å². The fourth-order valence-corrected chi connectivity index (χ4v) is 7.42. The summed E-state index contributed by atoms with van der Waals surface area (Å²) in [7, 11) is 0. The van der Waals surface area contributed by atoms with Crippen LogP contribution in [0.1, 0.15) is 11.5 Å². The minimum atomic E-state index is 0.208. The molecular weight excluding hydrogens is 589 g/mol. The quantitative estimate of drug-likeness (QED) is 0.197. The van der Waals surface area contributed by atoms with E-state index in [0.29, 0.717) is 17.5 Å². The predicted octanol–water partition coefficient (Wildman–Crippen LogP) is 10.7. The molecule has 0 saturated heterocycles. The summed E-state index contributed by atoms with van der Waals surface area (Å²) >= 11 is 0. The van der Waals surface area contributed by atoms with Crippen LogP contribution in [0, 0.1) is 0 Å². The van der Waals surface area contributed by atoms with Crippen molar-refractivity contribution in [2.75, 3.05) is 4.90 Å². The highest BCUT2D eigenvalue weighted by molar-refractivity contribution is 6.07. The summed E-state index contributed by atoms with van der Waals surface area (Å²) in [6, 6.07) is 46.4. The first kappa shape index (κ1) is 26.8. The summed E-state index contributed by atoms with van der Waals surface area (Å²) in [4.78, 5) is 17.2. The standard InChI is InChI=1S/C43H28N4O/c1-3-12-28(13-4-1)41-44-42(29-14-5-2-6-15-29)46-43(45-41)30-19-22-33-35-26-31(21-24-38(35)48-39(33)25-30)47-36-18-10-9-17-34(36)40-32-16-8-7-11-27(32)20-23-37(40)47/h1-26,34,36H. The van der Waals surface area contributed by atoms with Crippen LogP contribution in [0.3, 0.4) is 0 Å². The van der Waals surface area contributed by atoms with Gasteiger partial charge in [0.15, 0.2) is 17.5 Å². The Bertz CT molecular complexity index is 2530. The molecule has 0 saturated carbocycles. The summed E-state index contributed by atoms with van der Waals surface area (Å²) in [5.41, 5.74) is 8.21. The first-order chi connectivity index (χ1) is 23.8. The van der Waals surface area contributed by atoms with Gasteiger partial charge in [-0.2, -0.15) is 0 Å². The van der Waals surface area contributed by atoms with Crippen molar-refractivity contribution in [1.82, 2.24) is 15.0 Å². The Morgan fingerprint density at radius 1 is 0.500 bits per heavy atom. The van der Waals surface area contributed by atoms with Gasteiger partial charge in [0.2, 0.25) is 0 Å². The van der Waals surface area contributed by atoms with Gasteiger partial charge in [0.25, 0.3) is 0 Å². The molecule has 2 aliphatic rings. The number of benzene rings is 6. The number of rotatable bonds is 4. The van der Waals surface area contributed by atoms with Crippen molar-refractivity contribution in [2.45, 2.75) is 12.0 Å². The average molecular weight is 617 g/mol. The normalized spacial score (nSPS) is 16.5. The smallest absolute Gasteiger partial charge is 0.164 e. The largest absolute Gasteiger partial charge is 0.456 e. The molecule has 48 heavy (non-hydrogen) atoms. The number of nitrogens with zero attached hydrogens (tertiary/aromatic N) is 4. The summed E-state index contributed by atoms with van der Waals surface area (Å²) in [6.07, 6.45) is 9.02. The van der Waals surface area contributed by atoms with Crippen molar-refractivity contribution in [1.29, 1.82) is 0 Å². The Morgan fingerprint density at radius 2 is 1.19 bits per heavy atom. The van der Waals surface area contributed by atoms with Gasteiger partial charge in [-0.25, -0.2) is 15.0 Å². The summed E-state index contributed by atoms with van der Waals surface area (Å²) < 4.78 is 6.48. The zero-order chi connectivity index (χ0) is 31.6. The number of furan rings is 1. The molecule has 1 aliphatic carbocycles. The van der Waals surface area contributed by atoms with Crippen LogP contribution in [0.4, 0.5) is 11.4 Å². The van der Waals surface area contributed by atoms with Crippen molar-refractivity contribution >= 4 is 44.1 Å². The van der Waals surface area contributed by atoms with E-state index in [1.807, 2.05) is 60.7 Å². The van der Waals surface area contributed by atoms with Gasteiger partial charge in [-0.05, 0) is 52.7 Å². The molecule has 5 heteroatoms. The molecule has 0 fully saturated rings. The van der Waals surface area contributed by atoms with Crippen LogP contribution >= 0.6 is 0 Å². The maximum absolute atomic E-state index is 6.48. The average Bonchev–Trinajstić information content (AvgIpc) is 3.70. The van der Waals surface area contributed by atoms with Crippen LogP contribution < -0.4 is 4.90 Å². The molecule has 0 spiro atoms. The lowest BCUT2D eigenvalue weighted by Gasteiger charge is -2.28. The summed E-state index contributed by atoms with van der Waals surface area (Å²) in [5.74, 6) is 2.17. The van der Waals surface area contributed by atoms with E-state index in [1.165, 1.54) is 22.0 Å². The van der Waals surface area contributed by atoms with Crippen LogP contribution in [0.2, 0.25) is 0 Å². The van der Waals surface area contributed by atoms with Gasteiger partial charge in [0, 0.05) is 44.8 Å². The topological polar surface area (TPSA) is 55.1 Å². The summed E-state index contributed by atoms with van der Waals surface area (Å²) in [5, 5.41) is 4.74. The van der Waals surface area contributed by atoms with E-state index in [2.05, 4.69) is 102 Å². The minimum Gasteiger partial charge on any atom is -0.456 e. The molecule has 2 aromatic heterocycles. The van der Waals surface area contributed by atoms with Crippen molar-refractivity contribution in [3.8, 4) is 34.2 Å². The number of fused-ring (bicyclic) bond motifs is 8. The number of allylic oxidation sites excluding steroid dienone is 2. The van der Waals surface area contributed by atoms with Crippen molar-refractivity contribution in [3.63, 3.8) is 0 Å². The molecule has 0 bridgehead atoms. The molecule has 6 aromatic carbocycles. The van der Waals surface area contributed by atoms with Gasteiger partial charge in [-0.15, -0.1) is 0 Å². The molecular formula is C43H28N4O. The molecule has 226 valence electrons. The van der Waals surface area contributed by atoms with Crippen LogP contribution in [0.25, 0.3) is 66.9 Å². The van der Waals surface area contributed by atoms with E-state index in [1.54, 1.807) is 0 Å². The van der Waals surface area contributed by atoms with E-state index in [0.717, 1.165) is 44.3 Å². The molecule has 0 amide bonds. The Labute approximate surface area is 277 Å².